The third-order valence-corrected chi connectivity index (χ3v) is 5.07. The third kappa shape index (κ3) is 8.59. The predicted octanol–water partition coefficient (Wildman–Crippen LogP) is 6.70. The van der Waals surface area contributed by atoms with E-state index in [0.717, 1.165) is 10.2 Å². The first-order valence-corrected chi connectivity index (χ1v) is 12.3. The number of nitrogens with two attached hydrogens (primary N) is 1. The van der Waals surface area contributed by atoms with Crippen LogP contribution in [-0.4, -0.2) is 18.2 Å². The maximum absolute atomic E-state index is 13.4. The molecule has 0 aliphatic rings. The average molecular weight is 574 g/mol. The summed E-state index contributed by atoms with van der Waals surface area (Å²) in [5.41, 5.74) is 0.817. The molecule has 0 spiro atoms. The maximum atomic E-state index is 13.4. The first-order valence-electron chi connectivity index (χ1n) is 10.8. The number of aryl methyl sites for hydroxylation is 1. The number of rotatable bonds is 3. The van der Waals surface area contributed by atoms with Crippen LogP contribution in [0, 0.1) is 19.9 Å². The second-order valence-corrected chi connectivity index (χ2v) is 7.57. The van der Waals surface area contributed by atoms with E-state index in [1.54, 1.807) is 25.1 Å². The fourth-order valence-electron chi connectivity index (χ4n) is 2.81. The zero-order valence-electron chi connectivity index (χ0n) is 20.9. The second kappa shape index (κ2) is 15.4. The summed E-state index contributed by atoms with van der Waals surface area (Å²) in [6.07, 6.45) is -4.63. The van der Waals surface area contributed by atoms with Crippen LogP contribution in [0.3, 0.4) is 0 Å². The van der Waals surface area contributed by atoms with Crippen molar-refractivity contribution in [3.63, 3.8) is 0 Å². The van der Waals surface area contributed by atoms with Crippen molar-refractivity contribution in [3.8, 4) is 16.9 Å². The number of hydrogen-bond acceptors (Lipinski definition) is 3. The van der Waals surface area contributed by atoms with Gasteiger partial charge < -0.3 is 0 Å². The first kappa shape index (κ1) is 34.6. The van der Waals surface area contributed by atoms with Gasteiger partial charge in [0.25, 0.3) is 0 Å². The number of benzene rings is 2. The quantitative estimate of drug-likeness (QED) is 0.355. The van der Waals surface area contributed by atoms with Gasteiger partial charge in [-0.05, 0) is 36.8 Å². The van der Waals surface area contributed by atoms with Crippen LogP contribution in [-0.2, 0) is 48.9 Å². The molecule has 1 heterocycles. The van der Waals surface area contributed by atoms with E-state index in [1.807, 2.05) is 41.5 Å². The zero-order chi connectivity index (χ0) is 26.0. The number of nitrogens with zero attached hydrogens (tertiary/aromatic N) is 2. The molecule has 2 N–H and O–H groups in total. The van der Waals surface area contributed by atoms with E-state index in [9.17, 15) is 21.6 Å². The number of sulfonamides is 1. The smallest absolute Gasteiger partial charge is 0.245 e. The van der Waals surface area contributed by atoms with Gasteiger partial charge in [-0.1, -0.05) is 48.5 Å². The van der Waals surface area contributed by atoms with E-state index in [0.29, 0.717) is 5.56 Å². The van der Waals surface area contributed by atoms with Crippen LogP contribution in [0.5, 0.6) is 0 Å². The molecular formula is C24H33F3N3O2SY-. The van der Waals surface area contributed by atoms with Gasteiger partial charge in [0.15, 0.2) is 5.69 Å². The zero-order valence-corrected chi connectivity index (χ0v) is 24.6. The molecule has 0 unspecified atom stereocenters. The topological polar surface area (TPSA) is 78.0 Å². The maximum Gasteiger partial charge on any atom is 0.435 e. The van der Waals surface area contributed by atoms with Crippen molar-refractivity contribution in [3.05, 3.63) is 65.4 Å². The van der Waals surface area contributed by atoms with Gasteiger partial charge in [0.1, 0.15) is 0 Å². The van der Waals surface area contributed by atoms with Crippen molar-refractivity contribution in [1.29, 1.82) is 0 Å². The average Bonchev–Trinajstić information content (AvgIpc) is 3.15. The molecule has 0 saturated carbocycles. The standard InChI is InChI=1S/C18H15F3N3O2S.3C2H6.Y/c1-11-5-3-4-6-15(11)16-12(2)17(18(19,20)21)23-24(16)13-7-9-14(10-8-13)27(22,25)26;3*1-2;/h3,5-10H,1-2H3,(H2,22,25,26);3*1-2H3;/q-1;;;;. The Morgan fingerprint density at radius 1 is 0.941 bits per heavy atom. The van der Waals surface area contributed by atoms with Crippen LogP contribution in [0.25, 0.3) is 16.9 Å². The molecule has 0 atom stereocenters. The SMILES string of the molecule is CC.CC.CC.Cc1cc[c-]cc1-c1c(C)c(C(F)(F)F)nn1-c1ccc(S(N)(=O)=O)cc1.[Y]. The van der Waals surface area contributed by atoms with E-state index in [2.05, 4.69) is 11.2 Å². The van der Waals surface area contributed by atoms with Gasteiger partial charge in [0.2, 0.25) is 10.0 Å². The molecule has 0 fully saturated rings. The Hall–Kier alpha value is -1.55. The van der Waals surface area contributed by atoms with Crippen LogP contribution < -0.4 is 5.14 Å². The summed E-state index contributed by atoms with van der Waals surface area (Å²) in [5.74, 6) is 0. The van der Waals surface area contributed by atoms with Crippen LogP contribution >= 0.6 is 0 Å². The van der Waals surface area contributed by atoms with Crippen LogP contribution in [0.4, 0.5) is 13.2 Å². The number of primary sulfonamides is 1. The summed E-state index contributed by atoms with van der Waals surface area (Å²) >= 11 is 0. The Morgan fingerprint density at radius 2 is 1.44 bits per heavy atom. The van der Waals surface area contributed by atoms with Crippen molar-refractivity contribution < 1.29 is 54.3 Å². The molecule has 1 aromatic heterocycles. The Kier molecular flexibility index (Phi) is 15.7. The van der Waals surface area contributed by atoms with Crippen molar-refractivity contribution in [2.45, 2.75) is 66.5 Å². The van der Waals surface area contributed by atoms with Crippen molar-refractivity contribution in [1.82, 2.24) is 9.78 Å². The summed E-state index contributed by atoms with van der Waals surface area (Å²) in [6, 6.07) is 13.0. The number of halogens is 3. The normalized spacial score (nSPS) is 10.4. The molecule has 0 amide bonds. The summed E-state index contributed by atoms with van der Waals surface area (Å²) in [4.78, 5) is -0.142. The molecule has 3 rings (SSSR count). The molecule has 0 bridgehead atoms. The van der Waals surface area contributed by atoms with Crippen LogP contribution in [0.1, 0.15) is 58.4 Å². The van der Waals surface area contributed by atoms with Crippen LogP contribution in [0.2, 0.25) is 0 Å². The minimum absolute atomic E-state index is 0. The Labute approximate surface area is 226 Å². The number of aromatic nitrogens is 2. The predicted molar refractivity (Wildman–Crippen MR) is 128 cm³/mol. The van der Waals surface area contributed by atoms with Gasteiger partial charge in [0.05, 0.1) is 10.6 Å². The van der Waals surface area contributed by atoms with E-state index in [-0.39, 0.29) is 54.5 Å². The number of alkyl halides is 3. The molecule has 187 valence electrons. The summed E-state index contributed by atoms with van der Waals surface area (Å²) in [5, 5.41) is 8.83. The Bertz CT molecular complexity index is 1110. The molecule has 5 nitrogen and oxygen atoms in total. The Balaban J connectivity index is 0. The van der Waals surface area contributed by atoms with E-state index in [4.69, 9.17) is 5.14 Å². The molecular weight excluding hydrogens is 540 g/mol. The molecule has 0 aliphatic carbocycles. The van der Waals surface area contributed by atoms with E-state index >= 15 is 0 Å². The number of hydrogen-bond donors (Lipinski definition) is 1. The first-order chi connectivity index (χ1) is 15.5. The monoisotopic (exact) mass is 573 g/mol. The van der Waals surface area contributed by atoms with Gasteiger partial charge in [0, 0.05) is 38.4 Å². The van der Waals surface area contributed by atoms with Crippen molar-refractivity contribution in [2.75, 3.05) is 0 Å². The van der Waals surface area contributed by atoms with Gasteiger partial charge in [-0.3, -0.25) is 0 Å². The van der Waals surface area contributed by atoms with Crippen molar-refractivity contribution >= 4 is 10.0 Å². The molecule has 0 saturated heterocycles. The minimum Gasteiger partial charge on any atom is -0.245 e. The van der Waals surface area contributed by atoms with E-state index in [1.165, 1.54) is 31.2 Å². The summed E-state index contributed by atoms with van der Waals surface area (Å²) < 4.78 is 64.2. The molecule has 1 radical (unpaired) electrons. The minimum atomic E-state index is -4.63. The van der Waals surface area contributed by atoms with E-state index < -0.39 is 21.9 Å². The molecule has 0 aliphatic heterocycles. The largest absolute Gasteiger partial charge is 0.435 e. The molecule has 34 heavy (non-hydrogen) atoms. The Morgan fingerprint density at radius 3 is 1.85 bits per heavy atom. The van der Waals surface area contributed by atoms with Gasteiger partial charge in [-0.15, -0.1) is 5.56 Å². The third-order valence-electron chi connectivity index (χ3n) is 4.14. The molecule has 3 aromatic rings. The van der Waals surface area contributed by atoms with Crippen molar-refractivity contribution in [2.24, 2.45) is 5.14 Å². The van der Waals surface area contributed by atoms with Gasteiger partial charge in [-0.2, -0.15) is 48.1 Å². The summed E-state index contributed by atoms with van der Waals surface area (Å²) in [6.45, 7) is 15.1. The molecule has 10 heteroatoms. The molecule has 2 aromatic carbocycles. The van der Waals surface area contributed by atoms with Gasteiger partial charge in [-0.25, -0.2) is 18.2 Å². The fourth-order valence-corrected chi connectivity index (χ4v) is 3.32. The van der Waals surface area contributed by atoms with Crippen LogP contribution in [0.15, 0.2) is 47.4 Å². The fraction of sp³-hybridized carbons (Fsp3) is 0.375. The summed E-state index contributed by atoms with van der Waals surface area (Å²) in [7, 11) is -3.91. The van der Waals surface area contributed by atoms with Gasteiger partial charge >= 0.3 is 6.18 Å². The second-order valence-electron chi connectivity index (χ2n) is 6.01.